The van der Waals surface area contributed by atoms with E-state index < -0.39 is 0 Å². The smallest absolute Gasteiger partial charge is 0.132 e. The first kappa shape index (κ1) is 11.3. The lowest BCUT2D eigenvalue weighted by atomic mass is 9.89. The summed E-state index contributed by atoms with van der Waals surface area (Å²) in [6.45, 7) is 10.1. The van der Waals surface area contributed by atoms with E-state index >= 15 is 0 Å². The summed E-state index contributed by atoms with van der Waals surface area (Å²) in [5.41, 5.74) is 2.30. The summed E-state index contributed by atoms with van der Waals surface area (Å²) in [6.07, 6.45) is 1.63. The number of hydrogen-bond donors (Lipinski definition) is 1. The summed E-state index contributed by atoms with van der Waals surface area (Å²) < 4.78 is 5.14. The van der Waals surface area contributed by atoms with Crippen molar-refractivity contribution < 1.29 is 4.74 Å². The van der Waals surface area contributed by atoms with Crippen molar-refractivity contribution in [3.8, 4) is 0 Å². The molecule has 88 valence electrons. The Balaban J connectivity index is 2.25. The van der Waals surface area contributed by atoms with Gasteiger partial charge in [0.25, 0.3) is 0 Å². The van der Waals surface area contributed by atoms with Gasteiger partial charge in [-0.2, -0.15) is 0 Å². The van der Waals surface area contributed by atoms with Gasteiger partial charge in [-0.25, -0.2) is 9.97 Å². The van der Waals surface area contributed by atoms with Crippen LogP contribution < -0.4 is 5.32 Å². The molecule has 0 aliphatic carbocycles. The molecule has 0 saturated carbocycles. The molecule has 1 aromatic heterocycles. The van der Waals surface area contributed by atoms with Crippen molar-refractivity contribution in [2.45, 2.75) is 39.2 Å². The lowest BCUT2D eigenvalue weighted by molar-refractivity contribution is 0.0209. The summed E-state index contributed by atoms with van der Waals surface area (Å²) in [5, 5.41) is 3.38. The molecule has 2 heterocycles. The van der Waals surface area contributed by atoms with Crippen molar-refractivity contribution in [1.29, 1.82) is 0 Å². The Morgan fingerprint density at radius 2 is 2.00 bits per heavy atom. The Hall–Kier alpha value is -1.16. The second-order valence-corrected chi connectivity index (χ2v) is 5.32. The van der Waals surface area contributed by atoms with Crippen LogP contribution in [0.25, 0.3) is 0 Å². The fourth-order valence-corrected chi connectivity index (χ4v) is 1.86. The molecule has 0 unspecified atom stereocenters. The predicted octanol–water partition coefficient (Wildman–Crippen LogP) is 1.89. The molecule has 0 radical (unpaired) electrons. The third-order valence-electron chi connectivity index (χ3n) is 2.77. The van der Waals surface area contributed by atoms with Gasteiger partial charge in [-0.1, -0.05) is 20.8 Å². The zero-order valence-electron chi connectivity index (χ0n) is 10.4. The second kappa shape index (κ2) is 4.01. The van der Waals surface area contributed by atoms with Crippen LogP contribution in [0.3, 0.4) is 0 Å². The van der Waals surface area contributed by atoms with Crippen molar-refractivity contribution in [3.05, 3.63) is 17.6 Å². The lowest BCUT2D eigenvalue weighted by Gasteiger charge is -2.29. The van der Waals surface area contributed by atoms with Crippen molar-refractivity contribution in [2.24, 2.45) is 0 Å². The molecule has 0 spiro atoms. The zero-order valence-corrected chi connectivity index (χ0v) is 10.4. The van der Waals surface area contributed by atoms with E-state index in [4.69, 9.17) is 4.74 Å². The number of aromatic nitrogens is 2. The highest BCUT2D eigenvalue weighted by atomic mass is 16.5. The fraction of sp³-hybridized carbons (Fsp3) is 0.667. The molecule has 4 nitrogen and oxygen atoms in total. The first-order valence-corrected chi connectivity index (χ1v) is 5.65. The van der Waals surface area contributed by atoms with Crippen molar-refractivity contribution in [2.75, 3.05) is 18.5 Å². The number of hydrogen-bond acceptors (Lipinski definition) is 4. The lowest BCUT2D eigenvalue weighted by Crippen LogP contribution is -2.40. The quantitative estimate of drug-likeness (QED) is 0.828. The van der Waals surface area contributed by atoms with Crippen LogP contribution in [0.5, 0.6) is 0 Å². The van der Waals surface area contributed by atoms with Crippen LogP contribution >= 0.6 is 0 Å². The summed E-state index contributed by atoms with van der Waals surface area (Å²) in [4.78, 5) is 8.68. The molecule has 1 aliphatic rings. The largest absolute Gasteiger partial charge is 0.377 e. The van der Waals surface area contributed by atoms with Gasteiger partial charge in [-0.05, 0) is 6.92 Å². The van der Waals surface area contributed by atoms with Gasteiger partial charge in [0.2, 0.25) is 0 Å². The minimum Gasteiger partial charge on any atom is -0.377 e. The number of nitrogens with one attached hydrogen (secondary N) is 1. The molecule has 0 amide bonds. The molecular weight excluding hydrogens is 202 g/mol. The van der Waals surface area contributed by atoms with Crippen LogP contribution in [0.15, 0.2) is 6.33 Å². The zero-order chi connectivity index (χ0) is 11.8. The molecule has 1 fully saturated rings. The van der Waals surface area contributed by atoms with E-state index in [1.807, 2.05) is 0 Å². The highest BCUT2D eigenvalue weighted by Gasteiger charge is 2.23. The summed E-state index contributed by atoms with van der Waals surface area (Å²) in [5.74, 6) is 0.938. The molecule has 1 aromatic rings. The van der Waals surface area contributed by atoms with Gasteiger partial charge in [0.05, 0.1) is 24.9 Å². The predicted molar refractivity (Wildman–Crippen MR) is 63.7 cm³/mol. The minimum atomic E-state index is 0.0551. The van der Waals surface area contributed by atoms with Gasteiger partial charge in [0, 0.05) is 11.0 Å². The molecule has 1 N–H and O–H groups in total. The first-order valence-electron chi connectivity index (χ1n) is 5.65. The third kappa shape index (κ3) is 2.16. The van der Waals surface area contributed by atoms with E-state index in [9.17, 15) is 0 Å². The van der Waals surface area contributed by atoms with E-state index in [0.29, 0.717) is 6.04 Å². The molecule has 0 aromatic carbocycles. The number of ether oxygens (including phenoxy) is 1. The Bertz CT molecular complexity index is 380. The normalized spacial score (nSPS) is 17.0. The maximum atomic E-state index is 5.14. The van der Waals surface area contributed by atoms with Gasteiger partial charge < -0.3 is 10.1 Å². The Morgan fingerprint density at radius 3 is 2.50 bits per heavy atom. The maximum Gasteiger partial charge on any atom is 0.132 e. The Labute approximate surface area is 96.4 Å². The van der Waals surface area contributed by atoms with Crippen molar-refractivity contribution in [1.82, 2.24) is 9.97 Å². The van der Waals surface area contributed by atoms with Crippen LogP contribution in [0.2, 0.25) is 0 Å². The highest BCUT2D eigenvalue weighted by Crippen LogP contribution is 2.26. The maximum absolute atomic E-state index is 5.14. The highest BCUT2D eigenvalue weighted by molar-refractivity contribution is 5.47. The summed E-state index contributed by atoms with van der Waals surface area (Å²) >= 11 is 0. The van der Waals surface area contributed by atoms with Gasteiger partial charge >= 0.3 is 0 Å². The molecule has 16 heavy (non-hydrogen) atoms. The third-order valence-corrected chi connectivity index (χ3v) is 2.77. The monoisotopic (exact) mass is 221 g/mol. The van der Waals surface area contributed by atoms with E-state index in [-0.39, 0.29) is 5.41 Å². The average Bonchev–Trinajstić information content (AvgIpc) is 2.11. The molecule has 4 heteroatoms. The van der Waals surface area contributed by atoms with Crippen LogP contribution in [0.4, 0.5) is 5.82 Å². The van der Waals surface area contributed by atoms with Gasteiger partial charge in [0.15, 0.2) is 0 Å². The standard InChI is InChI=1S/C12H19N3O/c1-8-10(12(2,3)4)13-7-14-11(8)15-9-5-16-6-9/h7,9H,5-6H2,1-4H3,(H,13,14,15). The number of nitrogens with zero attached hydrogens (tertiary/aromatic N) is 2. The molecular formula is C12H19N3O. The minimum absolute atomic E-state index is 0.0551. The Morgan fingerprint density at radius 1 is 1.31 bits per heavy atom. The van der Waals surface area contributed by atoms with Crippen LogP contribution in [-0.4, -0.2) is 29.2 Å². The van der Waals surface area contributed by atoms with Crippen molar-refractivity contribution in [3.63, 3.8) is 0 Å². The van der Waals surface area contributed by atoms with Crippen LogP contribution in [-0.2, 0) is 10.2 Å². The molecule has 0 bridgehead atoms. The average molecular weight is 221 g/mol. The first-order chi connectivity index (χ1) is 7.48. The van der Waals surface area contributed by atoms with E-state index in [1.165, 1.54) is 0 Å². The molecule has 1 saturated heterocycles. The number of anilines is 1. The topological polar surface area (TPSA) is 47.0 Å². The van der Waals surface area contributed by atoms with E-state index in [1.54, 1.807) is 6.33 Å². The molecule has 2 rings (SSSR count). The van der Waals surface area contributed by atoms with Gasteiger partial charge in [-0.15, -0.1) is 0 Å². The van der Waals surface area contributed by atoms with E-state index in [2.05, 4.69) is 43.0 Å². The summed E-state index contributed by atoms with van der Waals surface area (Å²) in [7, 11) is 0. The van der Waals surface area contributed by atoms with Gasteiger partial charge in [-0.3, -0.25) is 0 Å². The SMILES string of the molecule is Cc1c(NC2COC2)ncnc1C(C)(C)C. The van der Waals surface area contributed by atoms with Crippen molar-refractivity contribution >= 4 is 5.82 Å². The molecule has 0 atom stereocenters. The van der Waals surface area contributed by atoms with Crippen LogP contribution in [0.1, 0.15) is 32.0 Å². The molecule has 1 aliphatic heterocycles. The summed E-state index contributed by atoms with van der Waals surface area (Å²) in [6, 6.07) is 0.404. The Kier molecular flexibility index (Phi) is 2.84. The van der Waals surface area contributed by atoms with Crippen LogP contribution in [0, 0.1) is 6.92 Å². The second-order valence-electron chi connectivity index (χ2n) is 5.32. The fourth-order valence-electron chi connectivity index (χ4n) is 1.86. The van der Waals surface area contributed by atoms with Gasteiger partial charge in [0.1, 0.15) is 12.1 Å². The number of rotatable bonds is 2. The van der Waals surface area contributed by atoms with E-state index in [0.717, 1.165) is 30.3 Å².